The first-order valence-electron chi connectivity index (χ1n) is 10.5. The minimum absolute atomic E-state index is 0.115. The van der Waals surface area contributed by atoms with Crippen LogP contribution in [-0.4, -0.2) is 46.6 Å². The Balaban J connectivity index is 1.52. The van der Waals surface area contributed by atoms with E-state index in [0.717, 1.165) is 43.1 Å². The Bertz CT molecular complexity index is 1030. The molecule has 3 aromatic rings. The fourth-order valence-corrected chi connectivity index (χ4v) is 4.44. The van der Waals surface area contributed by atoms with Crippen molar-refractivity contribution in [2.24, 2.45) is 0 Å². The second kappa shape index (κ2) is 9.87. The number of nitrogens with zero attached hydrogens (tertiary/aromatic N) is 4. The highest BCUT2D eigenvalue weighted by Gasteiger charge is 2.22. The number of benzene rings is 2. The van der Waals surface area contributed by atoms with Crippen molar-refractivity contribution in [3.8, 4) is 11.4 Å². The predicted molar refractivity (Wildman–Crippen MR) is 125 cm³/mol. The highest BCUT2D eigenvalue weighted by Crippen LogP contribution is 2.29. The monoisotopic (exact) mass is 437 g/mol. The summed E-state index contributed by atoms with van der Waals surface area (Å²) >= 11 is 1.38. The Labute approximate surface area is 186 Å². The zero-order valence-corrected chi connectivity index (χ0v) is 18.7. The number of para-hydroxylation sites is 1. The van der Waals surface area contributed by atoms with Gasteiger partial charge in [-0.25, -0.2) is 0 Å². The van der Waals surface area contributed by atoms with E-state index in [9.17, 15) is 4.79 Å². The Kier molecular flexibility index (Phi) is 6.76. The molecule has 8 heteroatoms. The zero-order chi connectivity index (χ0) is 21.6. The molecule has 1 saturated heterocycles. The van der Waals surface area contributed by atoms with Crippen molar-refractivity contribution in [2.45, 2.75) is 31.3 Å². The Hall–Kier alpha value is -3.00. The molecule has 4 rings (SSSR count). The van der Waals surface area contributed by atoms with Crippen LogP contribution >= 0.6 is 11.8 Å². The van der Waals surface area contributed by atoms with Crippen LogP contribution in [0.1, 0.15) is 24.8 Å². The fraction of sp³-hybridized carbons (Fsp3) is 0.348. The van der Waals surface area contributed by atoms with Gasteiger partial charge >= 0.3 is 0 Å². The molecule has 1 aliphatic rings. The number of aryl methyl sites for hydroxylation is 1. The third kappa shape index (κ3) is 5.02. The number of hydrogen-bond donors (Lipinski definition) is 1. The maximum Gasteiger partial charge on any atom is 0.234 e. The molecule has 0 spiro atoms. The Morgan fingerprint density at radius 2 is 1.87 bits per heavy atom. The number of carbonyl (C=O) groups is 1. The molecule has 0 unspecified atom stereocenters. The third-order valence-corrected chi connectivity index (χ3v) is 6.16. The van der Waals surface area contributed by atoms with Gasteiger partial charge in [0.15, 0.2) is 5.16 Å². The van der Waals surface area contributed by atoms with E-state index >= 15 is 0 Å². The largest absolute Gasteiger partial charge is 0.495 e. The maximum atomic E-state index is 12.7. The van der Waals surface area contributed by atoms with Gasteiger partial charge in [-0.1, -0.05) is 36.0 Å². The molecule has 0 saturated carbocycles. The lowest BCUT2D eigenvalue weighted by molar-refractivity contribution is -0.113. The minimum Gasteiger partial charge on any atom is -0.495 e. The van der Waals surface area contributed by atoms with Gasteiger partial charge in [-0.15, -0.1) is 10.2 Å². The van der Waals surface area contributed by atoms with Crippen LogP contribution in [0.25, 0.3) is 5.69 Å². The van der Waals surface area contributed by atoms with Gasteiger partial charge in [-0.2, -0.15) is 0 Å². The Morgan fingerprint density at radius 1 is 1.10 bits per heavy atom. The van der Waals surface area contributed by atoms with Crippen LogP contribution in [0.4, 0.5) is 11.6 Å². The Morgan fingerprint density at radius 3 is 2.61 bits per heavy atom. The molecule has 2 aromatic carbocycles. The summed E-state index contributed by atoms with van der Waals surface area (Å²) in [6.07, 6.45) is 3.57. The number of carbonyl (C=O) groups excluding carboxylic acids is 1. The van der Waals surface area contributed by atoms with Crippen molar-refractivity contribution >= 4 is 29.3 Å². The summed E-state index contributed by atoms with van der Waals surface area (Å²) in [7, 11) is 1.60. The first-order valence-corrected chi connectivity index (χ1v) is 11.5. The quantitative estimate of drug-likeness (QED) is 0.556. The molecule has 1 amide bonds. The lowest BCUT2D eigenvalue weighted by Crippen LogP contribution is -2.31. The van der Waals surface area contributed by atoms with Gasteiger partial charge in [0.05, 0.1) is 24.2 Å². The number of thioether (sulfide) groups is 1. The fourth-order valence-electron chi connectivity index (χ4n) is 3.69. The van der Waals surface area contributed by atoms with E-state index in [4.69, 9.17) is 4.74 Å². The van der Waals surface area contributed by atoms with E-state index in [1.807, 2.05) is 55.5 Å². The summed E-state index contributed by atoms with van der Waals surface area (Å²) in [4.78, 5) is 14.9. The number of nitrogens with one attached hydrogen (secondary N) is 1. The molecule has 0 bridgehead atoms. The van der Waals surface area contributed by atoms with Gasteiger partial charge < -0.3 is 15.0 Å². The predicted octanol–water partition coefficient (Wildman–Crippen LogP) is 4.31. The topological polar surface area (TPSA) is 72.3 Å². The smallest absolute Gasteiger partial charge is 0.234 e. The lowest BCUT2D eigenvalue weighted by Gasteiger charge is -2.27. The van der Waals surface area contributed by atoms with Crippen molar-refractivity contribution in [3.63, 3.8) is 0 Å². The highest BCUT2D eigenvalue weighted by atomic mass is 32.2. The van der Waals surface area contributed by atoms with E-state index in [-0.39, 0.29) is 11.7 Å². The highest BCUT2D eigenvalue weighted by molar-refractivity contribution is 7.99. The SMILES string of the molecule is COc1ccc(C)cc1NC(=O)CSc1nnc(N2CCCCC2)n1-c1ccccc1. The number of methoxy groups -OCH3 is 1. The molecule has 2 heterocycles. The minimum atomic E-state index is -0.115. The van der Waals surface area contributed by atoms with Crippen LogP contribution in [0.2, 0.25) is 0 Å². The van der Waals surface area contributed by atoms with Gasteiger partial charge in [-0.3, -0.25) is 9.36 Å². The molecule has 162 valence electrons. The summed E-state index contributed by atoms with van der Waals surface area (Å²) in [5.41, 5.74) is 2.72. The zero-order valence-electron chi connectivity index (χ0n) is 17.9. The molecule has 0 aliphatic carbocycles. The first-order chi connectivity index (χ1) is 15.2. The van der Waals surface area contributed by atoms with Crippen LogP contribution in [0.15, 0.2) is 53.7 Å². The number of aromatic nitrogens is 3. The summed E-state index contributed by atoms with van der Waals surface area (Å²) in [5, 5.41) is 12.6. The van der Waals surface area contributed by atoms with E-state index in [1.165, 1.54) is 18.2 Å². The molecule has 31 heavy (non-hydrogen) atoms. The average Bonchev–Trinajstić information content (AvgIpc) is 3.23. The van der Waals surface area contributed by atoms with Crippen molar-refractivity contribution in [2.75, 3.05) is 36.2 Å². The molecular weight excluding hydrogens is 410 g/mol. The number of ether oxygens (including phenoxy) is 1. The number of anilines is 2. The van der Waals surface area contributed by atoms with Crippen molar-refractivity contribution in [1.82, 2.24) is 14.8 Å². The third-order valence-electron chi connectivity index (χ3n) is 5.23. The first kappa shape index (κ1) is 21.2. The van der Waals surface area contributed by atoms with Crippen molar-refractivity contribution < 1.29 is 9.53 Å². The summed E-state index contributed by atoms with van der Waals surface area (Å²) in [6.45, 7) is 3.93. The van der Waals surface area contributed by atoms with Crippen LogP contribution < -0.4 is 15.0 Å². The van der Waals surface area contributed by atoms with E-state index in [1.54, 1.807) is 7.11 Å². The molecule has 7 nitrogen and oxygen atoms in total. The second-order valence-electron chi connectivity index (χ2n) is 7.54. The molecule has 1 aliphatic heterocycles. The molecule has 0 radical (unpaired) electrons. The van der Waals surface area contributed by atoms with Gasteiger partial charge in [0.25, 0.3) is 0 Å². The van der Waals surface area contributed by atoms with Gasteiger partial charge in [0, 0.05) is 13.1 Å². The van der Waals surface area contributed by atoms with Gasteiger partial charge in [-0.05, 0) is 56.0 Å². The van der Waals surface area contributed by atoms with Crippen molar-refractivity contribution in [3.05, 3.63) is 54.1 Å². The molecule has 1 aromatic heterocycles. The van der Waals surface area contributed by atoms with Gasteiger partial charge in [0.2, 0.25) is 11.9 Å². The van der Waals surface area contributed by atoms with Crippen LogP contribution in [0.3, 0.4) is 0 Å². The molecule has 1 fully saturated rings. The van der Waals surface area contributed by atoms with Crippen LogP contribution in [0, 0.1) is 6.92 Å². The number of piperidine rings is 1. The van der Waals surface area contributed by atoms with Crippen molar-refractivity contribution in [1.29, 1.82) is 0 Å². The summed E-state index contributed by atoms with van der Waals surface area (Å²) < 4.78 is 7.41. The number of amides is 1. The number of rotatable bonds is 7. The summed E-state index contributed by atoms with van der Waals surface area (Å²) in [5.74, 6) is 1.59. The van der Waals surface area contributed by atoms with E-state index < -0.39 is 0 Å². The molecule has 1 N–H and O–H groups in total. The lowest BCUT2D eigenvalue weighted by atomic mass is 10.1. The second-order valence-corrected chi connectivity index (χ2v) is 8.48. The van der Waals surface area contributed by atoms with E-state index in [2.05, 4.69) is 25.0 Å². The van der Waals surface area contributed by atoms with Crippen LogP contribution in [0.5, 0.6) is 5.75 Å². The standard InChI is InChI=1S/C23H27N5O2S/c1-17-11-12-20(30-2)19(15-17)24-21(29)16-31-23-26-25-22(27-13-7-4-8-14-27)28(23)18-9-5-3-6-10-18/h3,5-6,9-12,15H,4,7-8,13-14,16H2,1-2H3,(H,24,29). The van der Waals surface area contributed by atoms with E-state index in [0.29, 0.717) is 16.6 Å². The number of hydrogen-bond acceptors (Lipinski definition) is 6. The molecular formula is C23H27N5O2S. The normalized spacial score (nSPS) is 13.8. The van der Waals surface area contributed by atoms with Crippen LogP contribution in [-0.2, 0) is 4.79 Å². The summed E-state index contributed by atoms with van der Waals surface area (Å²) in [6, 6.07) is 15.8. The van der Waals surface area contributed by atoms with Gasteiger partial charge in [0.1, 0.15) is 5.75 Å². The molecule has 0 atom stereocenters. The average molecular weight is 438 g/mol. The maximum absolute atomic E-state index is 12.7.